The summed E-state index contributed by atoms with van der Waals surface area (Å²) in [5, 5.41) is 10.8. The van der Waals surface area contributed by atoms with Crippen LogP contribution in [0.25, 0.3) is 0 Å². The third kappa shape index (κ3) is 6.21. The summed E-state index contributed by atoms with van der Waals surface area (Å²) >= 11 is 0. The molecule has 0 amide bonds. The highest BCUT2D eigenvalue weighted by Gasteiger charge is 2.25. The van der Waals surface area contributed by atoms with Gasteiger partial charge in [0.2, 0.25) is 0 Å². The van der Waals surface area contributed by atoms with E-state index < -0.39 is 6.61 Å². The molecule has 2 heterocycles. The fraction of sp³-hybridized carbons (Fsp3) is 0.444. The first-order valence-corrected chi connectivity index (χ1v) is 8.89. The van der Waals surface area contributed by atoms with Crippen molar-refractivity contribution < 1.29 is 13.5 Å². The van der Waals surface area contributed by atoms with Gasteiger partial charge in [0.05, 0.1) is 12.2 Å². The highest BCUT2D eigenvalue weighted by Crippen LogP contribution is 2.31. The molecule has 1 saturated heterocycles. The molecule has 7 nitrogen and oxygen atoms in total. The number of ether oxygens (including phenoxy) is 1. The zero-order chi connectivity index (χ0) is 19.1. The molecular formula is C18H25F2IN6O. The molecule has 2 aromatic rings. The van der Waals surface area contributed by atoms with Crippen molar-refractivity contribution in [1.29, 1.82) is 0 Å². The molecule has 0 saturated carbocycles. The minimum Gasteiger partial charge on any atom is -0.433 e. The molecule has 0 bridgehead atoms. The lowest BCUT2D eigenvalue weighted by atomic mass is 10.2. The third-order valence-electron chi connectivity index (χ3n) is 4.37. The first-order valence-electron chi connectivity index (χ1n) is 8.89. The van der Waals surface area contributed by atoms with Crippen LogP contribution in [0.15, 0.2) is 47.7 Å². The van der Waals surface area contributed by atoms with E-state index in [1.165, 1.54) is 0 Å². The van der Waals surface area contributed by atoms with Crippen LogP contribution in [0.2, 0.25) is 0 Å². The van der Waals surface area contributed by atoms with Gasteiger partial charge in [-0.15, -0.1) is 24.0 Å². The summed E-state index contributed by atoms with van der Waals surface area (Å²) < 4.78 is 31.7. The molecule has 1 unspecified atom stereocenters. The van der Waals surface area contributed by atoms with E-state index >= 15 is 0 Å². The summed E-state index contributed by atoms with van der Waals surface area (Å²) in [7, 11) is 1.72. The second kappa shape index (κ2) is 11.0. The van der Waals surface area contributed by atoms with Crippen molar-refractivity contribution in [1.82, 2.24) is 20.4 Å². The number of nitrogens with one attached hydrogen (secondary N) is 2. The number of aliphatic imine (C=N–C) groups is 1. The highest BCUT2D eigenvalue weighted by atomic mass is 127. The van der Waals surface area contributed by atoms with E-state index in [1.807, 2.05) is 27.9 Å². The summed E-state index contributed by atoms with van der Waals surface area (Å²) in [6.07, 6.45) is 4.53. The number of benzene rings is 1. The molecule has 10 heteroatoms. The van der Waals surface area contributed by atoms with E-state index in [2.05, 4.69) is 25.5 Å². The number of anilines is 1. The van der Waals surface area contributed by atoms with Gasteiger partial charge >= 0.3 is 6.61 Å². The van der Waals surface area contributed by atoms with E-state index in [9.17, 15) is 8.78 Å². The monoisotopic (exact) mass is 506 g/mol. The molecular weight excluding hydrogens is 481 g/mol. The van der Waals surface area contributed by atoms with E-state index in [4.69, 9.17) is 0 Å². The molecule has 1 aromatic carbocycles. The van der Waals surface area contributed by atoms with E-state index in [0.29, 0.717) is 24.7 Å². The van der Waals surface area contributed by atoms with Crippen LogP contribution in [0.5, 0.6) is 5.75 Å². The van der Waals surface area contributed by atoms with Crippen molar-refractivity contribution >= 4 is 35.6 Å². The predicted molar refractivity (Wildman–Crippen MR) is 116 cm³/mol. The quantitative estimate of drug-likeness (QED) is 0.344. The number of hydrogen-bond donors (Lipinski definition) is 2. The summed E-state index contributed by atoms with van der Waals surface area (Å²) in [4.78, 5) is 6.30. The molecule has 0 aliphatic carbocycles. The van der Waals surface area contributed by atoms with Crippen LogP contribution < -0.4 is 20.3 Å². The average Bonchev–Trinajstić information content (AvgIpc) is 3.33. The first-order chi connectivity index (χ1) is 13.2. The van der Waals surface area contributed by atoms with E-state index in [-0.39, 0.29) is 35.8 Å². The van der Waals surface area contributed by atoms with Crippen molar-refractivity contribution in [3.05, 3.63) is 42.7 Å². The van der Waals surface area contributed by atoms with Crippen molar-refractivity contribution in [2.75, 3.05) is 31.6 Å². The maximum absolute atomic E-state index is 12.6. The fourth-order valence-electron chi connectivity index (χ4n) is 3.12. The number of para-hydroxylation sites is 2. The molecule has 1 aliphatic rings. The van der Waals surface area contributed by atoms with Gasteiger partial charge < -0.3 is 20.3 Å². The summed E-state index contributed by atoms with van der Waals surface area (Å²) in [6.45, 7) is 0.0428. The van der Waals surface area contributed by atoms with Crippen molar-refractivity contribution in [3.63, 3.8) is 0 Å². The number of aromatic nitrogens is 2. The molecule has 1 aromatic heterocycles. The Kier molecular flexibility index (Phi) is 8.74. The molecule has 0 spiro atoms. The minimum atomic E-state index is -2.83. The van der Waals surface area contributed by atoms with Crippen molar-refractivity contribution in [3.8, 4) is 5.75 Å². The Bertz CT molecular complexity index is 743. The van der Waals surface area contributed by atoms with Gasteiger partial charge in [0.25, 0.3) is 0 Å². The Hall–Kier alpha value is -2.11. The van der Waals surface area contributed by atoms with Gasteiger partial charge in [0.1, 0.15) is 5.75 Å². The Labute approximate surface area is 180 Å². The smallest absolute Gasteiger partial charge is 0.387 e. The largest absolute Gasteiger partial charge is 0.433 e. The highest BCUT2D eigenvalue weighted by molar-refractivity contribution is 14.0. The Balaban J connectivity index is 0.00000280. The first kappa shape index (κ1) is 22.2. The fourth-order valence-corrected chi connectivity index (χ4v) is 3.12. The second-order valence-electron chi connectivity index (χ2n) is 6.19. The third-order valence-corrected chi connectivity index (χ3v) is 4.37. The molecule has 0 radical (unpaired) electrons. The number of alkyl halides is 2. The van der Waals surface area contributed by atoms with Gasteiger partial charge in [-0.05, 0) is 24.6 Å². The van der Waals surface area contributed by atoms with Gasteiger partial charge in [-0.2, -0.15) is 13.9 Å². The van der Waals surface area contributed by atoms with Gasteiger partial charge in [0.15, 0.2) is 5.96 Å². The van der Waals surface area contributed by atoms with Crippen LogP contribution in [0.3, 0.4) is 0 Å². The van der Waals surface area contributed by atoms with Crippen LogP contribution in [-0.4, -0.2) is 55.1 Å². The van der Waals surface area contributed by atoms with Crippen LogP contribution in [-0.2, 0) is 6.54 Å². The lowest BCUT2D eigenvalue weighted by Crippen LogP contribution is -2.45. The number of nitrogens with zero attached hydrogens (tertiary/aromatic N) is 4. The number of hydrogen-bond acceptors (Lipinski definition) is 4. The van der Waals surface area contributed by atoms with Crippen molar-refractivity contribution in [2.45, 2.75) is 25.6 Å². The zero-order valence-corrected chi connectivity index (χ0v) is 17.9. The minimum absolute atomic E-state index is 0. The van der Waals surface area contributed by atoms with Crippen LogP contribution in [0.4, 0.5) is 14.5 Å². The predicted octanol–water partition coefficient (Wildman–Crippen LogP) is 2.55. The standard InChI is InChI=1S/C18H24F2N6O.HI/c1-21-18(22-9-12-26-10-4-8-23-26)24-14-7-11-25(13-14)15-5-2-3-6-16(15)27-17(19)20;/h2-6,8,10,14,17H,7,9,11-13H2,1H3,(H2,21,22,24);1H. The second-order valence-corrected chi connectivity index (χ2v) is 6.19. The molecule has 2 N–H and O–H groups in total. The van der Waals surface area contributed by atoms with Gasteiger partial charge in [-0.25, -0.2) is 0 Å². The Morgan fingerprint density at radius 3 is 2.89 bits per heavy atom. The lowest BCUT2D eigenvalue weighted by Gasteiger charge is -2.22. The average molecular weight is 506 g/mol. The van der Waals surface area contributed by atoms with Crippen LogP contribution in [0.1, 0.15) is 6.42 Å². The van der Waals surface area contributed by atoms with Crippen LogP contribution >= 0.6 is 24.0 Å². The normalized spacial score (nSPS) is 16.8. The van der Waals surface area contributed by atoms with E-state index in [0.717, 1.165) is 19.5 Å². The molecule has 28 heavy (non-hydrogen) atoms. The molecule has 1 atom stereocenters. The zero-order valence-electron chi connectivity index (χ0n) is 15.6. The number of rotatable bonds is 7. The molecule has 1 aliphatic heterocycles. The number of guanidine groups is 1. The Morgan fingerprint density at radius 2 is 2.18 bits per heavy atom. The van der Waals surface area contributed by atoms with Gasteiger partial charge in [-0.1, -0.05) is 12.1 Å². The lowest BCUT2D eigenvalue weighted by molar-refractivity contribution is -0.0495. The summed E-state index contributed by atoms with van der Waals surface area (Å²) in [6, 6.07) is 8.94. The summed E-state index contributed by atoms with van der Waals surface area (Å²) in [5.74, 6) is 0.918. The maximum Gasteiger partial charge on any atom is 0.387 e. The molecule has 1 fully saturated rings. The van der Waals surface area contributed by atoms with Crippen molar-refractivity contribution in [2.24, 2.45) is 4.99 Å². The SMILES string of the molecule is CN=C(NCCn1cccn1)NC1CCN(c2ccccc2OC(F)F)C1.I. The molecule has 3 rings (SSSR count). The van der Waals surface area contributed by atoms with Crippen LogP contribution in [0, 0.1) is 0 Å². The van der Waals surface area contributed by atoms with Gasteiger partial charge in [-0.3, -0.25) is 9.67 Å². The summed E-state index contributed by atoms with van der Waals surface area (Å²) in [5.41, 5.74) is 0.684. The topological polar surface area (TPSA) is 66.7 Å². The Morgan fingerprint density at radius 1 is 1.36 bits per heavy atom. The maximum atomic E-state index is 12.6. The number of halogens is 3. The molecule has 154 valence electrons. The van der Waals surface area contributed by atoms with Gasteiger partial charge in [0, 0.05) is 45.1 Å². The van der Waals surface area contributed by atoms with E-state index in [1.54, 1.807) is 31.4 Å².